The lowest BCUT2D eigenvalue weighted by Crippen LogP contribution is -2.50. The molecular weight excluding hydrogens is 588 g/mol. The SMILES string of the molecule is C=CCOc1ccc(C2C(C(=O)OCC)=C(C)NC3SC(=Cc4ccc(OCC(=O)OC)c(OCC)c4)C(=O)N32)cc1OC. The maximum Gasteiger partial charge on any atom is 0.343 e. The second kappa shape index (κ2) is 14.7. The van der Waals surface area contributed by atoms with Crippen molar-refractivity contribution in [3.05, 3.63) is 76.4 Å². The summed E-state index contributed by atoms with van der Waals surface area (Å²) in [7, 11) is 2.81. The zero-order valence-corrected chi connectivity index (χ0v) is 26.2. The summed E-state index contributed by atoms with van der Waals surface area (Å²) in [4.78, 5) is 41.0. The van der Waals surface area contributed by atoms with Crippen molar-refractivity contribution in [3.8, 4) is 23.0 Å². The summed E-state index contributed by atoms with van der Waals surface area (Å²) in [5.74, 6) is 0.432. The Labute approximate surface area is 260 Å². The largest absolute Gasteiger partial charge is 0.493 e. The number of nitrogens with one attached hydrogen (secondary N) is 1. The van der Waals surface area contributed by atoms with Gasteiger partial charge in [-0.1, -0.05) is 36.5 Å². The fraction of sp³-hybridized carbons (Fsp3) is 0.344. The quantitative estimate of drug-likeness (QED) is 0.191. The molecule has 12 heteroatoms. The molecule has 1 N–H and O–H groups in total. The topological polar surface area (TPSA) is 122 Å². The average Bonchev–Trinajstić information content (AvgIpc) is 3.32. The van der Waals surface area contributed by atoms with Crippen LogP contribution < -0.4 is 24.3 Å². The highest BCUT2D eigenvalue weighted by Gasteiger charge is 2.48. The number of rotatable bonds is 13. The number of methoxy groups -OCH3 is 2. The van der Waals surface area contributed by atoms with Crippen molar-refractivity contribution < 1.29 is 42.8 Å². The van der Waals surface area contributed by atoms with Crippen LogP contribution in [-0.4, -0.2) is 68.9 Å². The molecule has 2 aliphatic rings. The fourth-order valence-electron chi connectivity index (χ4n) is 4.79. The lowest BCUT2D eigenvalue weighted by molar-refractivity contribution is -0.143. The van der Waals surface area contributed by atoms with Crippen molar-refractivity contribution in [1.82, 2.24) is 10.2 Å². The van der Waals surface area contributed by atoms with Gasteiger partial charge in [-0.2, -0.15) is 0 Å². The summed E-state index contributed by atoms with van der Waals surface area (Å²) >= 11 is 1.33. The van der Waals surface area contributed by atoms with Crippen molar-refractivity contribution in [2.45, 2.75) is 32.3 Å². The Balaban J connectivity index is 1.72. The second-order valence-electron chi connectivity index (χ2n) is 9.51. The molecule has 2 aromatic carbocycles. The number of carbonyl (C=O) groups is 3. The maximum atomic E-state index is 14.1. The number of allylic oxidation sites excluding steroid dienone is 1. The first kappa shape index (κ1) is 32.3. The number of carbonyl (C=O) groups excluding carboxylic acids is 3. The van der Waals surface area contributed by atoms with Gasteiger partial charge in [-0.15, -0.1) is 0 Å². The third-order valence-electron chi connectivity index (χ3n) is 6.73. The molecule has 1 amide bonds. The van der Waals surface area contributed by atoms with Crippen molar-refractivity contribution >= 4 is 35.7 Å². The van der Waals surface area contributed by atoms with E-state index in [1.807, 2.05) is 13.0 Å². The number of thioether (sulfide) groups is 1. The predicted molar refractivity (Wildman–Crippen MR) is 165 cm³/mol. The van der Waals surface area contributed by atoms with E-state index in [-0.39, 0.29) is 25.7 Å². The van der Waals surface area contributed by atoms with Gasteiger partial charge in [-0.25, -0.2) is 9.59 Å². The minimum Gasteiger partial charge on any atom is -0.493 e. The summed E-state index contributed by atoms with van der Waals surface area (Å²) in [6.07, 6.45) is 3.38. The minimum absolute atomic E-state index is 0.179. The van der Waals surface area contributed by atoms with Gasteiger partial charge in [0.05, 0.1) is 44.0 Å². The standard InChI is InChI=1S/C32H36N2O9S/c1-7-14-42-22-13-11-21(17-24(22)38-5)29-28(31(37)41-9-3)19(4)33-32-34(29)30(36)26(44-32)16-20-10-12-23(25(15-20)40-8-2)43-18-27(35)39-6/h7,10-13,15-17,29,32-33H,1,8-9,14,18H2,2-6H3. The van der Waals surface area contributed by atoms with Crippen LogP contribution in [-0.2, 0) is 23.9 Å². The van der Waals surface area contributed by atoms with Gasteiger partial charge in [0.25, 0.3) is 5.91 Å². The van der Waals surface area contributed by atoms with E-state index in [1.54, 1.807) is 61.2 Å². The number of benzene rings is 2. The summed E-state index contributed by atoms with van der Waals surface area (Å²) in [6, 6.07) is 9.72. The van der Waals surface area contributed by atoms with Crippen molar-refractivity contribution in [1.29, 1.82) is 0 Å². The molecule has 2 heterocycles. The summed E-state index contributed by atoms with van der Waals surface area (Å²) in [5, 5.41) is 3.31. The predicted octanol–water partition coefficient (Wildman–Crippen LogP) is 4.59. The molecule has 0 aromatic heterocycles. The smallest absolute Gasteiger partial charge is 0.343 e. The first-order valence-electron chi connectivity index (χ1n) is 14.0. The van der Waals surface area contributed by atoms with E-state index >= 15 is 0 Å². The Morgan fingerprint density at radius 1 is 1.00 bits per heavy atom. The highest BCUT2D eigenvalue weighted by atomic mass is 32.2. The lowest BCUT2D eigenvalue weighted by atomic mass is 9.93. The molecule has 2 atom stereocenters. The number of ether oxygens (including phenoxy) is 6. The molecular formula is C32H36N2O9S. The van der Waals surface area contributed by atoms with Crippen LogP contribution in [0.25, 0.3) is 6.08 Å². The molecule has 0 bridgehead atoms. The van der Waals surface area contributed by atoms with Crippen LogP contribution in [0.2, 0.25) is 0 Å². The van der Waals surface area contributed by atoms with E-state index in [0.717, 1.165) is 0 Å². The molecule has 4 rings (SSSR count). The van der Waals surface area contributed by atoms with Crippen LogP contribution >= 0.6 is 11.8 Å². The second-order valence-corrected chi connectivity index (χ2v) is 10.6. The first-order chi connectivity index (χ1) is 21.3. The highest BCUT2D eigenvalue weighted by molar-refractivity contribution is 8.05. The maximum absolute atomic E-state index is 14.1. The van der Waals surface area contributed by atoms with Crippen LogP contribution in [0.3, 0.4) is 0 Å². The highest BCUT2D eigenvalue weighted by Crippen LogP contribution is 2.48. The molecule has 0 aliphatic carbocycles. The van der Waals surface area contributed by atoms with Crippen molar-refractivity contribution in [2.75, 3.05) is 40.6 Å². The molecule has 2 unspecified atom stereocenters. The van der Waals surface area contributed by atoms with E-state index in [9.17, 15) is 14.4 Å². The number of fused-ring (bicyclic) bond motifs is 1. The Morgan fingerprint density at radius 3 is 2.43 bits per heavy atom. The summed E-state index contributed by atoms with van der Waals surface area (Å²) in [6.45, 7) is 9.61. The molecule has 0 radical (unpaired) electrons. The molecule has 2 aliphatic heterocycles. The minimum atomic E-state index is -0.762. The molecule has 2 aromatic rings. The molecule has 0 spiro atoms. The summed E-state index contributed by atoms with van der Waals surface area (Å²) in [5.41, 5.74) is 1.78. The zero-order chi connectivity index (χ0) is 31.8. The third-order valence-corrected chi connectivity index (χ3v) is 7.84. The number of hydrogen-bond donors (Lipinski definition) is 1. The van der Waals surface area contributed by atoms with E-state index in [0.29, 0.717) is 56.9 Å². The summed E-state index contributed by atoms with van der Waals surface area (Å²) < 4.78 is 32.7. The van der Waals surface area contributed by atoms with E-state index < -0.39 is 23.5 Å². The van der Waals surface area contributed by atoms with Crippen LogP contribution in [0.5, 0.6) is 23.0 Å². The van der Waals surface area contributed by atoms with Crippen molar-refractivity contribution in [3.63, 3.8) is 0 Å². The van der Waals surface area contributed by atoms with E-state index in [2.05, 4.69) is 16.6 Å². The fourth-order valence-corrected chi connectivity index (χ4v) is 6.01. The van der Waals surface area contributed by atoms with E-state index in [4.69, 9.17) is 23.7 Å². The van der Waals surface area contributed by atoms with Crippen LogP contribution in [0.4, 0.5) is 0 Å². The lowest BCUT2D eigenvalue weighted by Gasteiger charge is -2.39. The van der Waals surface area contributed by atoms with Gasteiger partial charge in [-0.05, 0) is 62.2 Å². The Bertz CT molecular complexity index is 1490. The number of esters is 2. The van der Waals surface area contributed by atoms with Gasteiger partial charge in [0.1, 0.15) is 6.61 Å². The van der Waals surface area contributed by atoms with E-state index in [1.165, 1.54) is 26.0 Å². The van der Waals surface area contributed by atoms with Gasteiger partial charge in [0.15, 0.2) is 35.1 Å². The first-order valence-corrected chi connectivity index (χ1v) is 14.9. The molecule has 234 valence electrons. The van der Waals surface area contributed by atoms with Gasteiger partial charge < -0.3 is 33.7 Å². The number of amides is 1. The monoisotopic (exact) mass is 624 g/mol. The number of nitrogens with zero attached hydrogens (tertiary/aromatic N) is 1. The van der Waals surface area contributed by atoms with Gasteiger partial charge in [0.2, 0.25) is 0 Å². The molecule has 1 fully saturated rings. The van der Waals surface area contributed by atoms with Gasteiger partial charge >= 0.3 is 11.9 Å². The molecule has 1 saturated heterocycles. The average molecular weight is 625 g/mol. The van der Waals surface area contributed by atoms with Crippen molar-refractivity contribution in [2.24, 2.45) is 0 Å². The normalized spacial score (nSPS) is 18.3. The van der Waals surface area contributed by atoms with Gasteiger partial charge in [-0.3, -0.25) is 9.69 Å². The Morgan fingerprint density at radius 2 is 1.75 bits per heavy atom. The van der Waals surface area contributed by atoms with Gasteiger partial charge in [0, 0.05) is 5.70 Å². The Hall–Kier alpha value is -4.58. The van der Waals surface area contributed by atoms with Crippen LogP contribution in [0.1, 0.15) is 37.9 Å². The third kappa shape index (κ3) is 6.96. The molecule has 11 nitrogen and oxygen atoms in total. The number of hydrogen-bond acceptors (Lipinski definition) is 11. The van der Waals surface area contributed by atoms with Crippen LogP contribution in [0, 0.1) is 0 Å². The Kier molecular flexibility index (Phi) is 10.8. The van der Waals surface area contributed by atoms with Crippen LogP contribution in [0.15, 0.2) is 65.2 Å². The molecule has 44 heavy (non-hydrogen) atoms. The molecule has 0 saturated carbocycles. The zero-order valence-electron chi connectivity index (χ0n) is 25.3.